The molecular weight excluding hydrogens is 410 g/mol. The summed E-state index contributed by atoms with van der Waals surface area (Å²) in [5.74, 6) is 0.120. The van der Waals surface area contributed by atoms with Crippen molar-refractivity contribution in [2.45, 2.75) is 37.8 Å². The predicted molar refractivity (Wildman–Crippen MR) is 111 cm³/mol. The molecule has 0 aromatic rings. The molecule has 9 nitrogen and oxygen atoms in total. The smallest absolute Gasteiger partial charge is 0.231 e. The lowest BCUT2D eigenvalue weighted by molar-refractivity contribution is -0.157. The molecule has 0 aliphatic carbocycles. The molecule has 2 atom stereocenters. The topological polar surface area (TPSA) is 88.6 Å². The molecule has 4 heterocycles. The van der Waals surface area contributed by atoms with E-state index in [0.717, 1.165) is 32.6 Å². The summed E-state index contributed by atoms with van der Waals surface area (Å²) in [5, 5.41) is 0. The Bertz CT molecular complexity index is 707. The van der Waals surface area contributed by atoms with Crippen molar-refractivity contribution in [1.82, 2.24) is 14.1 Å². The fourth-order valence-electron chi connectivity index (χ4n) is 5.64. The van der Waals surface area contributed by atoms with Crippen LogP contribution in [0.25, 0.3) is 0 Å². The van der Waals surface area contributed by atoms with Crippen LogP contribution in [0.3, 0.4) is 0 Å². The fraction of sp³-hybridized carbons (Fsp3) is 0.950. The van der Waals surface area contributed by atoms with E-state index in [0.29, 0.717) is 64.9 Å². The third-order valence-electron chi connectivity index (χ3n) is 7.27. The first-order chi connectivity index (χ1) is 14.5. The van der Waals surface area contributed by atoms with E-state index in [9.17, 15) is 13.2 Å². The van der Waals surface area contributed by atoms with Gasteiger partial charge in [0.25, 0.3) is 0 Å². The van der Waals surface area contributed by atoms with Gasteiger partial charge in [-0.25, -0.2) is 8.42 Å². The summed E-state index contributed by atoms with van der Waals surface area (Å²) in [5.41, 5.74) is -0.701. The van der Waals surface area contributed by atoms with Crippen LogP contribution in [0.2, 0.25) is 0 Å². The van der Waals surface area contributed by atoms with E-state index in [1.54, 1.807) is 11.4 Å². The van der Waals surface area contributed by atoms with Gasteiger partial charge in [-0.15, -0.1) is 0 Å². The zero-order valence-corrected chi connectivity index (χ0v) is 18.8. The molecule has 0 bridgehead atoms. The largest absolute Gasteiger partial charge is 0.383 e. The minimum Gasteiger partial charge on any atom is -0.383 e. The van der Waals surface area contributed by atoms with Crippen molar-refractivity contribution in [3.05, 3.63) is 0 Å². The van der Waals surface area contributed by atoms with Crippen LogP contribution in [0.4, 0.5) is 0 Å². The van der Waals surface area contributed by atoms with Crippen molar-refractivity contribution in [3.8, 4) is 0 Å². The number of methoxy groups -OCH3 is 1. The van der Waals surface area contributed by atoms with Crippen molar-refractivity contribution >= 4 is 15.9 Å². The molecule has 1 amide bonds. The van der Waals surface area contributed by atoms with Gasteiger partial charge in [-0.1, -0.05) is 0 Å². The van der Waals surface area contributed by atoms with Gasteiger partial charge < -0.3 is 19.1 Å². The van der Waals surface area contributed by atoms with Gasteiger partial charge in [0.2, 0.25) is 15.9 Å². The maximum atomic E-state index is 13.9. The summed E-state index contributed by atoms with van der Waals surface area (Å²) in [6.07, 6.45) is 3.01. The number of hydrogen-bond acceptors (Lipinski definition) is 7. The minimum absolute atomic E-state index is 0.0188. The average Bonchev–Trinajstić information content (AvgIpc) is 2.78. The highest BCUT2D eigenvalue weighted by Gasteiger charge is 2.58. The standard InChI is InChI=1S/C20H35N3O6S/c1-27-12-9-23-18-2-6-22(17-3-10-28-11-4-17)16-20(18,5-15-30(23,25)26)19(24)21-7-13-29-14-8-21/h17-18H,2-16H2,1H3/t18-,20+/m1/s1. The lowest BCUT2D eigenvalue weighted by Crippen LogP contribution is -2.70. The van der Waals surface area contributed by atoms with Crippen LogP contribution in [0.15, 0.2) is 0 Å². The molecule has 0 aromatic heterocycles. The lowest BCUT2D eigenvalue weighted by Gasteiger charge is -2.56. The second-order valence-corrected chi connectivity index (χ2v) is 10.9. The van der Waals surface area contributed by atoms with Crippen LogP contribution >= 0.6 is 0 Å². The first kappa shape index (κ1) is 22.4. The Hall–Kier alpha value is -0.780. The molecule has 10 heteroatoms. The van der Waals surface area contributed by atoms with E-state index in [2.05, 4.69) is 4.90 Å². The van der Waals surface area contributed by atoms with Crippen LogP contribution < -0.4 is 0 Å². The molecule has 0 N–H and O–H groups in total. The van der Waals surface area contributed by atoms with Gasteiger partial charge in [0, 0.05) is 65.1 Å². The third-order valence-corrected chi connectivity index (χ3v) is 9.14. The number of ether oxygens (including phenoxy) is 3. The lowest BCUT2D eigenvalue weighted by atomic mass is 9.71. The van der Waals surface area contributed by atoms with Crippen LogP contribution in [0.1, 0.15) is 25.7 Å². The van der Waals surface area contributed by atoms with Crippen molar-refractivity contribution in [3.63, 3.8) is 0 Å². The molecular formula is C20H35N3O6S. The molecule has 0 radical (unpaired) electrons. The molecule has 0 aromatic carbocycles. The number of nitrogens with zero attached hydrogens (tertiary/aromatic N) is 3. The van der Waals surface area contributed by atoms with Gasteiger partial charge in [-0.3, -0.25) is 9.69 Å². The Kier molecular flexibility index (Phi) is 7.01. The van der Waals surface area contributed by atoms with Crippen LogP contribution in [0, 0.1) is 5.41 Å². The van der Waals surface area contributed by atoms with Gasteiger partial charge >= 0.3 is 0 Å². The first-order valence-electron chi connectivity index (χ1n) is 11.2. The molecule has 0 unspecified atom stereocenters. The Morgan fingerprint density at radius 1 is 1.07 bits per heavy atom. The van der Waals surface area contributed by atoms with E-state index in [1.165, 1.54) is 0 Å². The number of carbonyl (C=O) groups excluding carboxylic acids is 1. The minimum atomic E-state index is -3.39. The highest BCUT2D eigenvalue weighted by atomic mass is 32.2. The van der Waals surface area contributed by atoms with E-state index in [-0.39, 0.29) is 17.7 Å². The van der Waals surface area contributed by atoms with Crippen LogP contribution in [0.5, 0.6) is 0 Å². The van der Waals surface area contributed by atoms with Crippen LogP contribution in [-0.4, -0.2) is 119 Å². The number of morpholine rings is 1. The van der Waals surface area contributed by atoms with Crippen molar-refractivity contribution in [2.75, 3.05) is 78.6 Å². The fourth-order valence-corrected chi connectivity index (χ4v) is 7.54. The highest BCUT2D eigenvalue weighted by Crippen LogP contribution is 2.45. The van der Waals surface area contributed by atoms with Gasteiger partial charge in [0.05, 0.1) is 31.0 Å². The second kappa shape index (κ2) is 9.38. The number of hydrogen-bond donors (Lipinski definition) is 0. The summed E-state index contributed by atoms with van der Waals surface area (Å²) in [6.45, 7) is 5.82. The Labute approximate surface area is 179 Å². The molecule has 172 valence electrons. The van der Waals surface area contributed by atoms with E-state index in [4.69, 9.17) is 14.2 Å². The summed E-state index contributed by atoms with van der Waals surface area (Å²) in [6, 6.07) is 0.0952. The zero-order valence-electron chi connectivity index (χ0n) is 18.0. The van der Waals surface area contributed by atoms with Crippen molar-refractivity contribution < 1.29 is 27.4 Å². The first-order valence-corrected chi connectivity index (χ1v) is 12.8. The summed E-state index contributed by atoms with van der Waals surface area (Å²) >= 11 is 0. The Morgan fingerprint density at radius 3 is 2.47 bits per heavy atom. The van der Waals surface area contributed by atoms with Crippen molar-refractivity contribution in [2.24, 2.45) is 5.41 Å². The molecule has 4 saturated heterocycles. The predicted octanol–water partition coefficient (Wildman–Crippen LogP) is -0.233. The number of carbonyl (C=O) groups is 1. The molecule has 4 rings (SSSR count). The van der Waals surface area contributed by atoms with E-state index in [1.807, 2.05) is 4.90 Å². The molecule has 4 fully saturated rings. The second-order valence-electron chi connectivity index (χ2n) is 8.85. The molecule has 0 spiro atoms. The van der Waals surface area contributed by atoms with Gasteiger partial charge in [-0.2, -0.15) is 4.31 Å². The van der Waals surface area contributed by atoms with Crippen molar-refractivity contribution in [1.29, 1.82) is 0 Å². The monoisotopic (exact) mass is 445 g/mol. The normalized spacial score (nSPS) is 33.9. The Balaban J connectivity index is 1.64. The van der Waals surface area contributed by atoms with Gasteiger partial charge in [0.15, 0.2) is 0 Å². The zero-order chi connectivity index (χ0) is 21.2. The Morgan fingerprint density at radius 2 is 1.77 bits per heavy atom. The maximum absolute atomic E-state index is 13.9. The number of piperidine rings is 1. The summed E-state index contributed by atoms with van der Waals surface area (Å²) in [7, 11) is -1.81. The van der Waals surface area contributed by atoms with Gasteiger partial charge in [0.1, 0.15) is 0 Å². The quantitative estimate of drug-likeness (QED) is 0.577. The maximum Gasteiger partial charge on any atom is 0.231 e. The number of rotatable bonds is 5. The SMILES string of the molecule is COCCN1[C@@H]2CCN(C3CCOCC3)C[C@@]2(C(=O)N2CCOCC2)CCS1(=O)=O. The number of amides is 1. The summed E-state index contributed by atoms with van der Waals surface area (Å²) < 4.78 is 43.7. The summed E-state index contributed by atoms with van der Waals surface area (Å²) in [4.78, 5) is 18.3. The third kappa shape index (κ3) is 4.27. The highest BCUT2D eigenvalue weighted by molar-refractivity contribution is 7.89. The molecule has 4 aliphatic heterocycles. The average molecular weight is 446 g/mol. The molecule has 4 aliphatic rings. The van der Waals surface area contributed by atoms with E-state index >= 15 is 0 Å². The van der Waals surface area contributed by atoms with Gasteiger partial charge in [-0.05, 0) is 25.7 Å². The number of sulfonamides is 1. The van der Waals surface area contributed by atoms with Crippen LogP contribution in [-0.2, 0) is 29.0 Å². The van der Waals surface area contributed by atoms with E-state index < -0.39 is 15.4 Å². The molecule has 30 heavy (non-hydrogen) atoms. The number of fused-ring (bicyclic) bond motifs is 1. The molecule has 0 saturated carbocycles. The number of likely N-dealkylation sites (tertiary alicyclic amines) is 1.